The molecule has 1 atom stereocenters. The van der Waals surface area contributed by atoms with Crippen molar-refractivity contribution in [2.24, 2.45) is 0 Å². The van der Waals surface area contributed by atoms with E-state index < -0.39 is 6.04 Å². The molecule has 1 saturated heterocycles. The van der Waals surface area contributed by atoms with Gasteiger partial charge in [0, 0.05) is 13.1 Å². The summed E-state index contributed by atoms with van der Waals surface area (Å²) < 4.78 is 0. The van der Waals surface area contributed by atoms with Crippen molar-refractivity contribution in [3.05, 3.63) is 29.8 Å². The van der Waals surface area contributed by atoms with Crippen molar-refractivity contribution in [2.45, 2.75) is 25.3 Å². The van der Waals surface area contributed by atoms with Crippen LogP contribution in [-0.2, 0) is 9.59 Å². The molecule has 1 fully saturated rings. The summed E-state index contributed by atoms with van der Waals surface area (Å²) >= 11 is 0. The maximum absolute atomic E-state index is 12.2. The molecule has 21 heavy (non-hydrogen) atoms. The highest BCUT2D eigenvalue weighted by Crippen LogP contribution is 2.19. The van der Waals surface area contributed by atoms with Crippen LogP contribution in [0, 0.1) is 0 Å². The molecule has 2 heterocycles. The number of nitrogens with zero attached hydrogens (tertiary/aromatic N) is 1. The van der Waals surface area contributed by atoms with Gasteiger partial charge in [-0.15, -0.1) is 0 Å². The van der Waals surface area contributed by atoms with Gasteiger partial charge in [0.05, 0.1) is 17.7 Å². The number of hydrogen-bond acceptors (Lipinski definition) is 3. The lowest BCUT2D eigenvalue weighted by molar-refractivity contribution is -0.132. The molecule has 6 nitrogen and oxygen atoms in total. The second-order valence-corrected chi connectivity index (χ2v) is 5.35. The minimum absolute atomic E-state index is 0.00552. The third-order valence-corrected chi connectivity index (χ3v) is 3.89. The predicted octanol–water partition coefficient (Wildman–Crippen LogP) is 0.750. The number of carbonyl (C=O) groups is 3. The van der Waals surface area contributed by atoms with Crippen LogP contribution in [0.5, 0.6) is 0 Å². The monoisotopic (exact) mass is 287 g/mol. The quantitative estimate of drug-likeness (QED) is 0.842. The highest BCUT2D eigenvalue weighted by atomic mass is 16.2. The summed E-state index contributed by atoms with van der Waals surface area (Å²) in [5, 5.41) is 5.35. The molecule has 2 aliphatic rings. The standard InChI is InChI=1S/C15H17N3O3/c19-13(18-7-3-4-8-18)9-12-15(21)16-11-6-2-1-5-10(11)14(20)17-12/h1-2,5-6,12H,3-4,7-9H2,(H,16,21)(H,17,20). The van der Waals surface area contributed by atoms with Crippen LogP contribution in [0.4, 0.5) is 5.69 Å². The largest absolute Gasteiger partial charge is 0.343 e. The number of rotatable bonds is 2. The summed E-state index contributed by atoms with van der Waals surface area (Å²) in [6.07, 6.45) is 2.01. The summed E-state index contributed by atoms with van der Waals surface area (Å²) in [7, 11) is 0. The fraction of sp³-hybridized carbons (Fsp3) is 0.400. The molecule has 0 bridgehead atoms. The van der Waals surface area contributed by atoms with Gasteiger partial charge in [0.1, 0.15) is 6.04 Å². The van der Waals surface area contributed by atoms with E-state index >= 15 is 0 Å². The van der Waals surface area contributed by atoms with E-state index in [1.165, 1.54) is 0 Å². The Balaban J connectivity index is 1.74. The molecule has 0 radical (unpaired) electrons. The Morgan fingerprint density at radius 2 is 1.90 bits per heavy atom. The van der Waals surface area contributed by atoms with Crippen LogP contribution in [0.1, 0.15) is 29.6 Å². The molecule has 1 aromatic rings. The minimum atomic E-state index is -0.821. The predicted molar refractivity (Wildman–Crippen MR) is 76.8 cm³/mol. The number of likely N-dealkylation sites (tertiary alicyclic amines) is 1. The van der Waals surface area contributed by atoms with E-state index in [9.17, 15) is 14.4 Å². The van der Waals surface area contributed by atoms with Gasteiger partial charge in [0.2, 0.25) is 11.8 Å². The number of amides is 3. The van der Waals surface area contributed by atoms with Gasteiger partial charge in [0.15, 0.2) is 0 Å². The maximum Gasteiger partial charge on any atom is 0.254 e. The summed E-state index contributed by atoms with van der Waals surface area (Å²) in [5.74, 6) is -0.761. The van der Waals surface area contributed by atoms with Crippen molar-refractivity contribution in [3.63, 3.8) is 0 Å². The lowest BCUT2D eigenvalue weighted by Gasteiger charge is -2.19. The van der Waals surface area contributed by atoms with Crippen LogP contribution in [0.15, 0.2) is 24.3 Å². The second-order valence-electron chi connectivity index (χ2n) is 5.35. The average Bonchev–Trinajstić information content (AvgIpc) is 2.97. The van der Waals surface area contributed by atoms with Gasteiger partial charge in [-0.25, -0.2) is 0 Å². The van der Waals surface area contributed by atoms with Crippen molar-refractivity contribution < 1.29 is 14.4 Å². The van der Waals surface area contributed by atoms with Gasteiger partial charge in [-0.05, 0) is 25.0 Å². The van der Waals surface area contributed by atoms with Gasteiger partial charge in [-0.3, -0.25) is 14.4 Å². The van der Waals surface area contributed by atoms with Gasteiger partial charge in [-0.1, -0.05) is 12.1 Å². The molecule has 6 heteroatoms. The van der Waals surface area contributed by atoms with Crippen LogP contribution in [0.2, 0.25) is 0 Å². The molecule has 3 rings (SSSR count). The first kappa shape index (κ1) is 13.6. The van der Waals surface area contributed by atoms with Crippen molar-refractivity contribution >= 4 is 23.4 Å². The summed E-state index contributed by atoms with van der Waals surface area (Å²) in [4.78, 5) is 38.2. The number of fused-ring (bicyclic) bond motifs is 1. The molecule has 1 aromatic carbocycles. The Bertz CT molecular complexity index is 594. The molecule has 0 spiro atoms. The van der Waals surface area contributed by atoms with Crippen LogP contribution < -0.4 is 10.6 Å². The maximum atomic E-state index is 12.2. The zero-order valence-corrected chi connectivity index (χ0v) is 11.6. The first-order valence-corrected chi connectivity index (χ1v) is 7.13. The molecular weight excluding hydrogens is 270 g/mol. The van der Waals surface area contributed by atoms with E-state index in [4.69, 9.17) is 0 Å². The smallest absolute Gasteiger partial charge is 0.254 e. The molecule has 1 unspecified atom stereocenters. The van der Waals surface area contributed by atoms with Gasteiger partial charge >= 0.3 is 0 Å². The molecule has 3 amide bonds. The van der Waals surface area contributed by atoms with Crippen LogP contribution >= 0.6 is 0 Å². The van der Waals surface area contributed by atoms with Crippen molar-refractivity contribution in [3.8, 4) is 0 Å². The number of para-hydroxylation sites is 1. The fourth-order valence-corrected chi connectivity index (χ4v) is 2.73. The van der Waals surface area contributed by atoms with Crippen molar-refractivity contribution in [1.82, 2.24) is 10.2 Å². The molecule has 0 saturated carbocycles. The van der Waals surface area contributed by atoms with E-state index in [1.807, 2.05) is 0 Å². The van der Waals surface area contributed by atoms with Crippen LogP contribution in [0.3, 0.4) is 0 Å². The SMILES string of the molecule is O=C1NC(CC(=O)N2CCCC2)C(=O)Nc2ccccc21. The average molecular weight is 287 g/mol. The van der Waals surface area contributed by atoms with E-state index in [2.05, 4.69) is 10.6 Å². The molecular formula is C15H17N3O3. The third-order valence-electron chi connectivity index (χ3n) is 3.89. The highest BCUT2D eigenvalue weighted by molar-refractivity contribution is 6.10. The van der Waals surface area contributed by atoms with Crippen LogP contribution in [-0.4, -0.2) is 41.8 Å². The van der Waals surface area contributed by atoms with E-state index in [0.29, 0.717) is 11.3 Å². The molecule has 2 aliphatic heterocycles. The Hall–Kier alpha value is -2.37. The normalized spacial score (nSPS) is 21.3. The first-order valence-electron chi connectivity index (χ1n) is 7.13. The first-order chi connectivity index (χ1) is 10.1. The topological polar surface area (TPSA) is 78.5 Å². The zero-order chi connectivity index (χ0) is 14.8. The molecule has 2 N–H and O–H groups in total. The number of carbonyl (C=O) groups excluding carboxylic acids is 3. The van der Waals surface area contributed by atoms with Crippen molar-refractivity contribution in [2.75, 3.05) is 18.4 Å². The number of benzene rings is 1. The molecule has 0 aliphatic carbocycles. The molecule has 0 aromatic heterocycles. The van der Waals surface area contributed by atoms with Gasteiger partial charge in [0.25, 0.3) is 5.91 Å². The van der Waals surface area contributed by atoms with E-state index in [-0.39, 0.29) is 24.1 Å². The fourth-order valence-electron chi connectivity index (χ4n) is 2.73. The Labute approximate surface area is 122 Å². The van der Waals surface area contributed by atoms with E-state index in [1.54, 1.807) is 29.2 Å². The second kappa shape index (κ2) is 5.55. The summed E-state index contributed by atoms with van der Waals surface area (Å²) in [5.41, 5.74) is 0.901. The summed E-state index contributed by atoms with van der Waals surface area (Å²) in [6.45, 7) is 1.47. The van der Waals surface area contributed by atoms with Crippen LogP contribution in [0.25, 0.3) is 0 Å². The highest BCUT2D eigenvalue weighted by Gasteiger charge is 2.31. The van der Waals surface area contributed by atoms with Gasteiger partial charge in [-0.2, -0.15) is 0 Å². The van der Waals surface area contributed by atoms with Crippen molar-refractivity contribution in [1.29, 1.82) is 0 Å². The minimum Gasteiger partial charge on any atom is -0.343 e. The number of hydrogen-bond donors (Lipinski definition) is 2. The summed E-state index contributed by atoms with van der Waals surface area (Å²) in [6, 6.07) is 5.99. The van der Waals surface area contributed by atoms with E-state index in [0.717, 1.165) is 25.9 Å². The lowest BCUT2D eigenvalue weighted by atomic mass is 10.1. The third kappa shape index (κ3) is 2.74. The molecule has 110 valence electrons. The Kier molecular flexibility index (Phi) is 3.60. The Morgan fingerprint density at radius 3 is 2.67 bits per heavy atom. The zero-order valence-electron chi connectivity index (χ0n) is 11.6. The number of nitrogens with one attached hydrogen (secondary N) is 2. The van der Waals surface area contributed by atoms with Gasteiger partial charge < -0.3 is 15.5 Å². The lowest BCUT2D eigenvalue weighted by Crippen LogP contribution is -2.45. The Morgan fingerprint density at radius 1 is 1.19 bits per heavy atom. The number of anilines is 1.